The molecule has 0 aliphatic rings. The molecule has 3 heteroatoms. The maximum Gasteiger partial charge on any atom is 0.136 e. The van der Waals surface area contributed by atoms with Crippen LogP contribution in [0, 0.1) is 0 Å². The van der Waals surface area contributed by atoms with Crippen LogP contribution in [0.1, 0.15) is 102 Å². The van der Waals surface area contributed by atoms with Gasteiger partial charge in [0, 0.05) is 27.2 Å². The molecule has 246 valence electrons. The predicted molar refractivity (Wildman–Crippen MR) is 209 cm³/mol. The van der Waals surface area contributed by atoms with Gasteiger partial charge >= 0.3 is 0 Å². The fourth-order valence-electron chi connectivity index (χ4n) is 6.47. The number of anilines is 3. The Bertz CT molecular complexity index is 2030. The second-order valence-corrected chi connectivity index (χ2v) is 17.0. The first kappa shape index (κ1) is 33.8. The first-order valence-electron chi connectivity index (χ1n) is 17.0. The normalized spacial score (nSPS) is 13.1. The summed E-state index contributed by atoms with van der Waals surface area (Å²) in [5.74, 6) is 0.0218. The molecule has 0 spiro atoms. The molecule has 1 heterocycles. The van der Waals surface area contributed by atoms with E-state index in [1.54, 1.807) is 0 Å². The van der Waals surface area contributed by atoms with Crippen molar-refractivity contribution >= 4 is 44.0 Å². The van der Waals surface area contributed by atoms with Gasteiger partial charge in [-0.05, 0) is 92.1 Å². The smallest absolute Gasteiger partial charge is 0.136 e. The van der Waals surface area contributed by atoms with E-state index >= 15 is 0 Å². The first-order chi connectivity index (χ1) is 22.6. The fraction of sp³-hybridized carbons (Fsp3) is 0.289. The Kier molecular flexibility index (Phi) is 8.98. The van der Waals surface area contributed by atoms with E-state index in [-0.39, 0.29) is 22.2 Å². The highest BCUT2D eigenvalue weighted by Crippen LogP contribution is 2.44. The van der Waals surface area contributed by atoms with Crippen molar-refractivity contribution in [1.29, 1.82) is 0 Å². The summed E-state index contributed by atoms with van der Waals surface area (Å²) in [6.45, 7) is 20.4. The number of para-hydroxylation sites is 1. The van der Waals surface area contributed by atoms with Crippen LogP contribution >= 0.6 is 15.9 Å². The van der Waals surface area contributed by atoms with E-state index in [0.717, 1.165) is 32.5 Å². The van der Waals surface area contributed by atoms with Gasteiger partial charge in [0.2, 0.25) is 0 Å². The molecule has 0 N–H and O–H groups in total. The number of furan rings is 1. The highest BCUT2D eigenvalue weighted by molar-refractivity contribution is 9.10. The fourth-order valence-corrected chi connectivity index (χ4v) is 7.08. The third-order valence-corrected chi connectivity index (χ3v) is 10.1. The number of fused-ring (bicyclic) bond motifs is 1. The Labute approximate surface area is 296 Å². The maximum atomic E-state index is 6.11. The number of rotatable bonds is 6. The molecule has 48 heavy (non-hydrogen) atoms. The third kappa shape index (κ3) is 6.89. The second-order valence-electron chi connectivity index (χ2n) is 16.1. The summed E-state index contributed by atoms with van der Waals surface area (Å²) in [6, 6.07) is 42.4. The Balaban J connectivity index is 1.54. The van der Waals surface area contributed by atoms with Gasteiger partial charge in [0.25, 0.3) is 0 Å². The van der Waals surface area contributed by atoms with E-state index in [9.17, 15) is 0 Å². The first-order valence-corrected chi connectivity index (χ1v) is 17.8. The standard InChI is InChI=1S/C45H48BrNO/c1-43(2,3)32-19-17-30(18-20-32)42(37-26-23-34(28-39(37)46)45(7,8)9)31-13-12-14-36(27-31)47(35-24-21-33(22-25-35)44(4,5)6)40-29-48-41-16-11-10-15-38(40)41/h10-29,42H,1-9H3. The molecular weight excluding hydrogens is 650 g/mol. The average molecular weight is 699 g/mol. The molecule has 0 aliphatic heterocycles. The van der Waals surface area contributed by atoms with E-state index < -0.39 is 0 Å². The van der Waals surface area contributed by atoms with Gasteiger partial charge in [0.15, 0.2) is 0 Å². The summed E-state index contributed by atoms with van der Waals surface area (Å²) in [5, 5.41) is 1.08. The Morgan fingerprint density at radius 1 is 0.542 bits per heavy atom. The SMILES string of the molecule is CC(C)(C)c1ccc(C(c2cccc(N(c3ccc(C(C)(C)C)cc3)c3coc4ccccc34)c2)c2ccc(C(C)(C)C)cc2Br)cc1. The van der Waals surface area contributed by atoms with Crippen molar-refractivity contribution in [3.8, 4) is 0 Å². The van der Waals surface area contributed by atoms with Crippen LogP contribution in [-0.4, -0.2) is 0 Å². The number of nitrogens with zero attached hydrogens (tertiary/aromatic N) is 1. The van der Waals surface area contributed by atoms with E-state index in [0.29, 0.717) is 0 Å². The summed E-state index contributed by atoms with van der Waals surface area (Å²) in [5.41, 5.74) is 12.0. The molecule has 0 amide bonds. The number of hydrogen-bond donors (Lipinski definition) is 0. The van der Waals surface area contributed by atoms with E-state index in [1.165, 1.54) is 33.4 Å². The summed E-state index contributed by atoms with van der Waals surface area (Å²) >= 11 is 4.02. The zero-order valence-electron chi connectivity index (χ0n) is 29.9. The monoisotopic (exact) mass is 697 g/mol. The Hall–Kier alpha value is -4.08. The zero-order valence-corrected chi connectivity index (χ0v) is 31.4. The van der Waals surface area contributed by atoms with Crippen molar-refractivity contribution < 1.29 is 4.42 Å². The lowest BCUT2D eigenvalue weighted by molar-refractivity contribution is 0.589. The Morgan fingerprint density at radius 3 is 1.73 bits per heavy atom. The second kappa shape index (κ2) is 12.7. The summed E-state index contributed by atoms with van der Waals surface area (Å²) < 4.78 is 7.24. The third-order valence-electron chi connectivity index (χ3n) is 9.44. The molecule has 6 aromatic rings. The van der Waals surface area contributed by atoms with Crippen LogP contribution in [0.25, 0.3) is 11.0 Å². The molecule has 0 saturated heterocycles. The lowest BCUT2D eigenvalue weighted by Crippen LogP contribution is -2.14. The number of halogens is 1. The van der Waals surface area contributed by atoms with Gasteiger partial charge < -0.3 is 9.32 Å². The van der Waals surface area contributed by atoms with Crippen molar-refractivity contribution in [3.63, 3.8) is 0 Å². The predicted octanol–water partition coefficient (Wildman–Crippen LogP) is 13.7. The molecule has 0 aliphatic carbocycles. The summed E-state index contributed by atoms with van der Waals surface area (Å²) in [7, 11) is 0. The summed E-state index contributed by atoms with van der Waals surface area (Å²) in [6.07, 6.45) is 1.89. The van der Waals surface area contributed by atoms with Crippen molar-refractivity contribution in [2.45, 2.75) is 84.5 Å². The van der Waals surface area contributed by atoms with Gasteiger partial charge in [0.05, 0.1) is 5.69 Å². The van der Waals surface area contributed by atoms with Gasteiger partial charge in [-0.1, -0.05) is 151 Å². The van der Waals surface area contributed by atoms with Crippen molar-refractivity contribution in [2.75, 3.05) is 4.90 Å². The molecule has 6 rings (SSSR count). The molecule has 1 unspecified atom stereocenters. The molecule has 2 nitrogen and oxygen atoms in total. The van der Waals surface area contributed by atoms with Crippen LogP contribution in [0.4, 0.5) is 17.1 Å². The van der Waals surface area contributed by atoms with E-state index in [4.69, 9.17) is 4.42 Å². The van der Waals surface area contributed by atoms with Crippen LogP contribution in [0.2, 0.25) is 0 Å². The molecule has 0 bridgehead atoms. The maximum absolute atomic E-state index is 6.11. The molecule has 1 atom stereocenters. The quantitative estimate of drug-likeness (QED) is 0.161. The lowest BCUT2D eigenvalue weighted by atomic mass is 9.80. The van der Waals surface area contributed by atoms with Crippen LogP contribution in [0.5, 0.6) is 0 Å². The molecule has 5 aromatic carbocycles. The highest BCUT2D eigenvalue weighted by atomic mass is 79.9. The lowest BCUT2D eigenvalue weighted by Gasteiger charge is -2.28. The van der Waals surface area contributed by atoms with Gasteiger partial charge in [-0.15, -0.1) is 0 Å². The minimum Gasteiger partial charge on any atom is -0.462 e. The van der Waals surface area contributed by atoms with Crippen molar-refractivity contribution in [3.05, 3.63) is 159 Å². The van der Waals surface area contributed by atoms with Gasteiger partial charge in [0.1, 0.15) is 11.8 Å². The largest absolute Gasteiger partial charge is 0.462 e. The van der Waals surface area contributed by atoms with Crippen LogP contribution < -0.4 is 4.90 Å². The van der Waals surface area contributed by atoms with Crippen LogP contribution in [0.3, 0.4) is 0 Å². The molecule has 0 saturated carbocycles. The molecule has 0 fully saturated rings. The molecule has 0 radical (unpaired) electrons. The van der Waals surface area contributed by atoms with Crippen LogP contribution in [0.15, 0.2) is 130 Å². The molecule has 1 aromatic heterocycles. The van der Waals surface area contributed by atoms with Crippen LogP contribution in [-0.2, 0) is 16.2 Å². The number of hydrogen-bond acceptors (Lipinski definition) is 2. The number of benzene rings is 5. The van der Waals surface area contributed by atoms with Gasteiger partial charge in [-0.25, -0.2) is 0 Å². The molecular formula is C45H48BrNO. The van der Waals surface area contributed by atoms with Gasteiger partial charge in [-0.3, -0.25) is 0 Å². The summed E-state index contributed by atoms with van der Waals surface area (Å²) in [4.78, 5) is 2.33. The Morgan fingerprint density at radius 2 is 1.12 bits per heavy atom. The van der Waals surface area contributed by atoms with E-state index in [2.05, 4.69) is 186 Å². The zero-order chi connectivity index (χ0) is 34.4. The topological polar surface area (TPSA) is 16.4 Å². The highest BCUT2D eigenvalue weighted by Gasteiger charge is 2.25. The minimum atomic E-state index is 0.0218. The average Bonchev–Trinajstić information content (AvgIpc) is 3.45. The van der Waals surface area contributed by atoms with Crippen molar-refractivity contribution in [1.82, 2.24) is 0 Å². The van der Waals surface area contributed by atoms with Crippen molar-refractivity contribution in [2.24, 2.45) is 0 Å². The van der Waals surface area contributed by atoms with E-state index in [1.807, 2.05) is 18.4 Å². The minimum absolute atomic E-state index is 0.0218. The van der Waals surface area contributed by atoms with Gasteiger partial charge in [-0.2, -0.15) is 0 Å².